The lowest BCUT2D eigenvalue weighted by Gasteiger charge is -2.18. The minimum atomic E-state index is -0.785. The highest BCUT2D eigenvalue weighted by molar-refractivity contribution is 5.71. The van der Waals surface area contributed by atoms with Gasteiger partial charge in [-0.25, -0.2) is 0 Å². The average molecular weight is 1160 g/mol. The quantitative estimate of drug-likeness (QED) is 0.0261. The van der Waals surface area contributed by atoms with Crippen molar-refractivity contribution in [1.82, 2.24) is 0 Å². The van der Waals surface area contributed by atoms with Crippen LogP contribution < -0.4 is 0 Å². The SMILES string of the molecule is CC/C=C\C/C=C\C/C=C\C/C=C\C/C=C\CCCCCCCCCCCCCCCCCCCC(=O)OCC(COC(=O)CCCCCCC/C=C\CCCCCCC)OC(=O)CCCCCCCCC/C=C\C/C=C\CCCCCC. The Morgan fingerprint density at radius 1 is 0.253 bits per heavy atom. The van der Waals surface area contributed by atoms with Gasteiger partial charge in [-0.2, -0.15) is 0 Å². The van der Waals surface area contributed by atoms with Crippen LogP contribution >= 0.6 is 0 Å². The summed E-state index contributed by atoms with van der Waals surface area (Å²) in [6, 6.07) is 0. The molecular weight excluding hydrogens is 1020 g/mol. The Labute approximate surface area is 515 Å². The Hall–Kier alpha value is -3.67. The number of allylic oxidation sites excluding steroid dienone is 16. The summed E-state index contributed by atoms with van der Waals surface area (Å²) in [6.45, 7) is 6.53. The molecule has 0 saturated heterocycles. The maximum atomic E-state index is 12.9. The van der Waals surface area contributed by atoms with Crippen molar-refractivity contribution in [3.05, 3.63) is 97.2 Å². The molecule has 1 atom stereocenters. The summed E-state index contributed by atoms with van der Waals surface area (Å²) in [7, 11) is 0. The summed E-state index contributed by atoms with van der Waals surface area (Å²) >= 11 is 0. The van der Waals surface area contributed by atoms with Crippen molar-refractivity contribution < 1.29 is 28.6 Å². The Bertz CT molecular complexity index is 1610. The third kappa shape index (κ3) is 69.0. The van der Waals surface area contributed by atoms with E-state index in [1.165, 1.54) is 205 Å². The number of ether oxygens (including phenoxy) is 3. The highest BCUT2D eigenvalue weighted by Crippen LogP contribution is 2.17. The van der Waals surface area contributed by atoms with Gasteiger partial charge in [-0.15, -0.1) is 0 Å². The summed E-state index contributed by atoms with van der Waals surface area (Å²) in [6.07, 6.45) is 95.8. The fourth-order valence-electron chi connectivity index (χ4n) is 10.2. The molecule has 6 nitrogen and oxygen atoms in total. The van der Waals surface area contributed by atoms with Gasteiger partial charge in [-0.05, 0) is 122 Å². The lowest BCUT2D eigenvalue weighted by Crippen LogP contribution is -2.30. The maximum absolute atomic E-state index is 12.9. The second-order valence-electron chi connectivity index (χ2n) is 23.8. The van der Waals surface area contributed by atoms with Crippen LogP contribution in [0.1, 0.15) is 355 Å². The monoisotopic (exact) mass is 1160 g/mol. The Balaban J connectivity index is 4.20. The first-order valence-corrected chi connectivity index (χ1v) is 35.7. The first-order valence-electron chi connectivity index (χ1n) is 35.7. The van der Waals surface area contributed by atoms with E-state index in [2.05, 4.69) is 118 Å². The van der Waals surface area contributed by atoms with Crippen molar-refractivity contribution in [2.75, 3.05) is 13.2 Å². The van der Waals surface area contributed by atoms with Gasteiger partial charge in [0.2, 0.25) is 0 Å². The van der Waals surface area contributed by atoms with Gasteiger partial charge in [-0.3, -0.25) is 14.4 Å². The molecule has 0 rings (SSSR count). The molecule has 0 saturated carbocycles. The van der Waals surface area contributed by atoms with Gasteiger partial charge in [0.15, 0.2) is 6.10 Å². The molecule has 0 aromatic carbocycles. The van der Waals surface area contributed by atoms with Crippen LogP contribution in [0.4, 0.5) is 0 Å². The number of carbonyl (C=O) groups is 3. The summed E-state index contributed by atoms with van der Waals surface area (Å²) in [5.74, 6) is -0.879. The average Bonchev–Trinajstić information content (AvgIpc) is 3.49. The topological polar surface area (TPSA) is 78.9 Å². The molecule has 0 radical (unpaired) electrons. The van der Waals surface area contributed by atoms with E-state index in [1.807, 2.05) is 0 Å². The third-order valence-corrected chi connectivity index (χ3v) is 15.5. The largest absolute Gasteiger partial charge is 0.462 e. The second kappa shape index (κ2) is 70.8. The zero-order chi connectivity index (χ0) is 59.9. The number of carbonyl (C=O) groups excluding carboxylic acids is 3. The molecule has 0 aromatic heterocycles. The van der Waals surface area contributed by atoms with Crippen LogP contribution in [0.2, 0.25) is 0 Å². The molecule has 0 aliphatic rings. The predicted molar refractivity (Wildman–Crippen MR) is 362 cm³/mol. The van der Waals surface area contributed by atoms with Gasteiger partial charge in [0.05, 0.1) is 0 Å². The number of esters is 3. The molecule has 0 aliphatic carbocycles. The number of rotatable bonds is 65. The van der Waals surface area contributed by atoms with Crippen molar-refractivity contribution in [2.24, 2.45) is 0 Å². The molecule has 0 heterocycles. The van der Waals surface area contributed by atoms with Crippen molar-refractivity contribution in [2.45, 2.75) is 361 Å². The highest BCUT2D eigenvalue weighted by Gasteiger charge is 2.19. The van der Waals surface area contributed by atoms with Gasteiger partial charge in [0, 0.05) is 19.3 Å². The van der Waals surface area contributed by atoms with Crippen molar-refractivity contribution in [3.8, 4) is 0 Å². The van der Waals surface area contributed by atoms with Crippen LogP contribution in [0.25, 0.3) is 0 Å². The molecular formula is C77H134O6. The van der Waals surface area contributed by atoms with Crippen LogP contribution in [0.15, 0.2) is 97.2 Å². The van der Waals surface area contributed by atoms with E-state index in [-0.39, 0.29) is 31.1 Å². The number of unbranched alkanes of at least 4 members (excludes halogenated alkanes) is 38. The molecule has 0 aromatic rings. The Morgan fingerprint density at radius 3 is 0.759 bits per heavy atom. The molecule has 0 fully saturated rings. The molecule has 6 heteroatoms. The van der Waals surface area contributed by atoms with Gasteiger partial charge in [-0.1, -0.05) is 311 Å². The molecule has 0 bridgehead atoms. The second-order valence-corrected chi connectivity index (χ2v) is 23.8. The smallest absolute Gasteiger partial charge is 0.306 e. The Kier molecular flexibility index (Phi) is 67.7. The van der Waals surface area contributed by atoms with Crippen LogP contribution in [0, 0.1) is 0 Å². The number of hydrogen-bond acceptors (Lipinski definition) is 6. The van der Waals surface area contributed by atoms with Gasteiger partial charge in [0.25, 0.3) is 0 Å². The van der Waals surface area contributed by atoms with E-state index in [9.17, 15) is 14.4 Å². The summed E-state index contributed by atoms with van der Waals surface area (Å²) in [5, 5.41) is 0. The zero-order valence-corrected chi connectivity index (χ0v) is 54.9. The van der Waals surface area contributed by atoms with Crippen molar-refractivity contribution >= 4 is 17.9 Å². The zero-order valence-electron chi connectivity index (χ0n) is 54.9. The lowest BCUT2D eigenvalue weighted by atomic mass is 10.0. The summed E-state index contributed by atoms with van der Waals surface area (Å²) in [4.78, 5) is 38.4. The summed E-state index contributed by atoms with van der Waals surface area (Å²) < 4.78 is 17.0. The molecule has 0 amide bonds. The first-order chi connectivity index (χ1) is 41.0. The fraction of sp³-hybridized carbons (Fsp3) is 0.753. The van der Waals surface area contributed by atoms with Crippen LogP contribution in [-0.2, 0) is 28.6 Å². The minimum Gasteiger partial charge on any atom is -0.462 e. The maximum Gasteiger partial charge on any atom is 0.306 e. The van der Waals surface area contributed by atoms with E-state index in [0.717, 1.165) is 109 Å². The van der Waals surface area contributed by atoms with E-state index in [0.29, 0.717) is 19.3 Å². The molecule has 478 valence electrons. The van der Waals surface area contributed by atoms with Gasteiger partial charge >= 0.3 is 17.9 Å². The van der Waals surface area contributed by atoms with Crippen molar-refractivity contribution in [3.63, 3.8) is 0 Å². The van der Waals surface area contributed by atoms with E-state index < -0.39 is 6.10 Å². The molecule has 83 heavy (non-hydrogen) atoms. The standard InChI is InChI=1S/C77H134O6/c1-4-7-10-13-16-19-22-25-28-30-32-33-34-35-36-37-38-39-40-41-42-43-44-45-46-48-49-52-55-58-61-64-67-70-76(79)82-73-74(72-81-75(78)69-66-63-60-57-54-51-27-24-21-18-15-12-9-6-3)83-77(80)71-68-65-62-59-56-53-50-47-31-29-26-23-20-17-14-11-8-5-2/h7,10,16,19-20,23-25,27-29,31-33,35-36,74H,4-6,8-9,11-15,17-18,21-22,26,30,34,37-73H2,1-3H3/b10-7-,19-16-,23-20-,27-24-,28-25-,31-29-,33-32-,36-35-. The summed E-state index contributed by atoms with van der Waals surface area (Å²) in [5.41, 5.74) is 0. The minimum absolute atomic E-state index is 0.0797. The third-order valence-electron chi connectivity index (χ3n) is 15.5. The van der Waals surface area contributed by atoms with E-state index >= 15 is 0 Å². The van der Waals surface area contributed by atoms with Gasteiger partial charge < -0.3 is 14.2 Å². The fourth-order valence-corrected chi connectivity index (χ4v) is 10.2. The van der Waals surface area contributed by atoms with Crippen molar-refractivity contribution in [1.29, 1.82) is 0 Å². The highest BCUT2D eigenvalue weighted by atomic mass is 16.6. The first kappa shape index (κ1) is 79.3. The van der Waals surface area contributed by atoms with Crippen LogP contribution in [0.5, 0.6) is 0 Å². The Morgan fingerprint density at radius 2 is 0.470 bits per heavy atom. The number of hydrogen-bond donors (Lipinski definition) is 0. The van der Waals surface area contributed by atoms with Gasteiger partial charge in [0.1, 0.15) is 13.2 Å². The normalized spacial score (nSPS) is 12.7. The van der Waals surface area contributed by atoms with E-state index in [1.54, 1.807) is 0 Å². The molecule has 1 unspecified atom stereocenters. The van der Waals surface area contributed by atoms with Crippen LogP contribution in [0.3, 0.4) is 0 Å². The lowest BCUT2D eigenvalue weighted by molar-refractivity contribution is -0.167. The molecule has 0 spiro atoms. The molecule has 0 aliphatic heterocycles. The predicted octanol–water partition coefficient (Wildman–Crippen LogP) is 24.8. The molecule has 0 N–H and O–H groups in total. The van der Waals surface area contributed by atoms with Crippen LogP contribution in [-0.4, -0.2) is 37.2 Å². The van der Waals surface area contributed by atoms with E-state index in [4.69, 9.17) is 14.2 Å².